The minimum Gasteiger partial charge on any atom is -0.389 e. The number of imidazole rings is 2. The van der Waals surface area contributed by atoms with E-state index in [-0.39, 0.29) is 5.56 Å². The van der Waals surface area contributed by atoms with E-state index >= 15 is 0 Å². The number of fused-ring (bicyclic) bond motifs is 1. The second-order valence-corrected chi connectivity index (χ2v) is 11.4. The van der Waals surface area contributed by atoms with Gasteiger partial charge in [-0.15, -0.1) is 0 Å². The third-order valence-corrected chi connectivity index (χ3v) is 7.76. The van der Waals surface area contributed by atoms with E-state index in [1.54, 1.807) is 17.1 Å². The molecule has 4 aromatic rings. The van der Waals surface area contributed by atoms with Gasteiger partial charge in [0.1, 0.15) is 16.5 Å². The zero-order chi connectivity index (χ0) is 27.0. The fraction of sp³-hybridized carbons (Fsp3) is 0.464. The van der Waals surface area contributed by atoms with E-state index in [1.807, 2.05) is 27.0 Å². The van der Waals surface area contributed by atoms with Gasteiger partial charge < -0.3 is 29.9 Å². The molecule has 0 radical (unpaired) electrons. The Morgan fingerprint density at radius 3 is 2.71 bits per heavy atom. The highest BCUT2D eigenvalue weighted by Crippen LogP contribution is 2.33. The summed E-state index contributed by atoms with van der Waals surface area (Å²) in [7, 11) is 1.86. The number of nitrogens with one attached hydrogen (secondary N) is 3. The van der Waals surface area contributed by atoms with Crippen LogP contribution in [0.15, 0.2) is 35.5 Å². The Balaban J connectivity index is 1.36. The van der Waals surface area contributed by atoms with Gasteiger partial charge in [-0.2, -0.15) is 0 Å². The number of aromatic nitrogens is 5. The highest BCUT2D eigenvalue weighted by Gasteiger charge is 2.25. The van der Waals surface area contributed by atoms with Crippen molar-refractivity contribution in [1.82, 2.24) is 29.4 Å². The van der Waals surface area contributed by atoms with Crippen molar-refractivity contribution in [3.05, 3.63) is 63.1 Å². The molecule has 0 amide bonds. The number of halogens is 1. The Labute approximate surface area is 227 Å². The number of H-pyrrole nitrogens is 2. The van der Waals surface area contributed by atoms with E-state index in [0.29, 0.717) is 47.7 Å². The SMILES string of the molecule is Cc1cc(C2CCN(CC(C)(C)O)CC2)cc2[nH]c(-c3c(NCCc4ncn(C)c4Cl)cc[nH]c3=O)nc12. The average molecular weight is 538 g/mol. The van der Waals surface area contributed by atoms with Crippen LogP contribution in [0.5, 0.6) is 0 Å². The number of aromatic amines is 2. The maximum atomic E-state index is 12.9. The molecule has 1 aliphatic rings. The van der Waals surface area contributed by atoms with Crippen LogP contribution in [0.3, 0.4) is 0 Å². The van der Waals surface area contributed by atoms with Gasteiger partial charge in [-0.25, -0.2) is 9.97 Å². The monoisotopic (exact) mass is 537 g/mol. The molecule has 9 nitrogen and oxygen atoms in total. The fourth-order valence-corrected chi connectivity index (χ4v) is 5.64. The first-order valence-electron chi connectivity index (χ1n) is 13.2. The molecule has 202 valence electrons. The van der Waals surface area contributed by atoms with Crippen LogP contribution in [0, 0.1) is 6.92 Å². The number of β-amino-alcohol motifs (C(OH)–C–C–N with tert-alkyl or cyclic N) is 1. The van der Waals surface area contributed by atoms with Crippen LogP contribution in [0.2, 0.25) is 5.15 Å². The summed E-state index contributed by atoms with van der Waals surface area (Å²) in [6, 6.07) is 6.26. The third kappa shape index (κ3) is 5.65. The van der Waals surface area contributed by atoms with E-state index < -0.39 is 5.60 Å². The fourth-order valence-electron chi connectivity index (χ4n) is 5.45. The lowest BCUT2D eigenvalue weighted by Gasteiger charge is -2.35. The normalized spacial score (nSPS) is 15.4. The molecule has 38 heavy (non-hydrogen) atoms. The Bertz CT molecular complexity index is 1490. The summed E-state index contributed by atoms with van der Waals surface area (Å²) >= 11 is 6.29. The number of rotatable bonds is 8. The number of anilines is 1. The van der Waals surface area contributed by atoms with Crippen molar-refractivity contribution < 1.29 is 5.11 Å². The number of likely N-dealkylation sites (tertiary alicyclic amines) is 1. The number of nitrogens with zero attached hydrogens (tertiary/aromatic N) is 4. The molecule has 1 saturated heterocycles. The van der Waals surface area contributed by atoms with Gasteiger partial charge in [0, 0.05) is 32.8 Å². The van der Waals surface area contributed by atoms with Crippen molar-refractivity contribution in [1.29, 1.82) is 0 Å². The van der Waals surface area contributed by atoms with Gasteiger partial charge in [-0.1, -0.05) is 17.7 Å². The number of hydrogen-bond donors (Lipinski definition) is 4. The van der Waals surface area contributed by atoms with E-state index in [1.165, 1.54) is 5.56 Å². The summed E-state index contributed by atoms with van der Waals surface area (Å²) in [5.41, 5.74) is 5.30. The summed E-state index contributed by atoms with van der Waals surface area (Å²) in [5, 5.41) is 14.1. The molecule has 0 saturated carbocycles. The molecule has 0 atom stereocenters. The Kier molecular flexibility index (Phi) is 7.35. The van der Waals surface area contributed by atoms with E-state index in [2.05, 4.69) is 44.2 Å². The third-order valence-electron chi connectivity index (χ3n) is 7.28. The maximum Gasteiger partial charge on any atom is 0.261 e. The van der Waals surface area contributed by atoms with Crippen molar-refractivity contribution in [2.24, 2.45) is 7.05 Å². The summed E-state index contributed by atoms with van der Waals surface area (Å²) < 4.78 is 1.78. The van der Waals surface area contributed by atoms with E-state index in [0.717, 1.165) is 48.2 Å². The molecule has 5 rings (SSSR count). The molecule has 1 aliphatic heterocycles. The van der Waals surface area contributed by atoms with Crippen LogP contribution in [0.4, 0.5) is 5.69 Å². The lowest BCUT2D eigenvalue weighted by molar-refractivity contribution is 0.0282. The average Bonchev–Trinajstić information content (AvgIpc) is 3.42. The zero-order valence-corrected chi connectivity index (χ0v) is 23.2. The molecular weight excluding hydrogens is 502 g/mol. The highest BCUT2D eigenvalue weighted by molar-refractivity contribution is 6.30. The van der Waals surface area contributed by atoms with Gasteiger partial charge in [-0.05, 0) is 75.9 Å². The lowest BCUT2D eigenvalue weighted by Crippen LogP contribution is -2.42. The number of piperidine rings is 1. The summed E-state index contributed by atoms with van der Waals surface area (Å²) in [5.74, 6) is 0.999. The van der Waals surface area contributed by atoms with Crippen molar-refractivity contribution >= 4 is 28.3 Å². The van der Waals surface area contributed by atoms with Crippen molar-refractivity contribution in [3.63, 3.8) is 0 Å². The number of benzene rings is 1. The van der Waals surface area contributed by atoms with Gasteiger partial charge in [0.25, 0.3) is 5.56 Å². The van der Waals surface area contributed by atoms with Crippen LogP contribution >= 0.6 is 11.6 Å². The summed E-state index contributed by atoms with van der Waals surface area (Å²) in [6.07, 6.45) is 6.06. The van der Waals surface area contributed by atoms with E-state index in [4.69, 9.17) is 16.6 Å². The molecule has 4 heterocycles. The van der Waals surface area contributed by atoms with Crippen LogP contribution in [-0.2, 0) is 13.5 Å². The van der Waals surface area contributed by atoms with Gasteiger partial charge in [0.05, 0.1) is 34.3 Å². The predicted octanol–water partition coefficient (Wildman–Crippen LogP) is 4.22. The standard InChI is InChI=1S/C28H36ClN7O2/c1-17-13-19(18-7-11-36(12-8-18)15-28(2,3)38)14-22-24(17)34-26(33-22)23-20(5-10-31-27(23)37)30-9-6-21-25(29)35(4)16-32-21/h5,10,13-14,16,18,38H,6-9,11-12,15H2,1-4H3,(H,33,34)(H2,30,31,37). The maximum absolute atomic E-state index is 12.9. The van der Waals surface area contributed by atoms with Gasteiger partial charge in [-0.3, -0.25) is 4.79 Å². The minimum absolute atomic E-state index is 0.206. The first-order chi connectivity index (χ1) is 18.1. The molecular formula is C28H36ClN7O2. The predicted molar refractivity (Wildman–Crippen MR) is 152 cm³/mol. The molecule has 0 bridgehead atoms. The molecule has 1 aromatic carbocycles. The van der Waals surface area contributed by atoms with Gasteiger partial charge in [0.15, 0.2) is 0 Å². The lowest BCUT2D eigenvalue weighted by atomic mass is 9.88. The highest BCUT2D eigenvalue weighted by atomic mass is 35.5. The molecule has 4 N–H and O–H groups in total. The smallest absolute Gasteiger partial charge is 0.261 e. The molecule has 1 fully saturated rings. The molecule has 3 aromatic heterocycles. The topological polar surface area (TPSA) is 115 Å². The Morgan fingerprint density at radius 1 is 1.26 bits per heavy atom. The Morgan fingerprint density at radius 2 is 2.03 bits per heavy atom. The molecule has 0 aliphatic carbocycles. The first kappa shape index (κ1) is 26.5. The van der Waals surface area contributed by atoms with Crippen LogP contribution < -0.4 is 10.9 Å². The number of aryl methyl sites for hydroxylation is 2. The van der Waals surface area contributed by atoms with Crippen LogP contribution in [0.25, 0.3) is 22.4 Å². The van der Waals surface area contributed by atoms with Crippen LogP contribution in [0.1, 0.15) is 49.4 Å². The zero-order valence-electron chi connectivity index (χ0n) is 22.4. The number of pyridine rings is 1. The minimum atomic E-state index is -0.677. The van der Waals surface area contributed by atoms with Gasteiger partial charge >= 0.3 is 0 Å². The van der Waals surface area contributed by atoms with E-state index in [9.17, 15) is 9.90 Å². The molecule has 0 unspecified atom stereocenters. The van der Waals surface area contributed by atoms with Gasteiger partial charge in [0.2, 0.25) is 0 Å². The summed E-state index contributed by atoms with van der Waals surface area (Å²) in [6.45, 7) is 9.00. The molecule has 0 spiro atoms. The number of hydrogen-bond acceptors (Lipinski definition) is 6. The largest absolute Gasteiger partial charge is 0.389 e. The van der Waals surface area contributed by atoms with Crippen molar-refractivity contribution in [2.45, 2.75) is 51.6 Å². The molecule has 10 heteroatoms. The summed E-state index contributed by atoms with van der Waals surface area (Å²) in [4.78, 5) is 30.7. The van der Waals surface area contributed by atoms with Crippen LogP contribution in [-0.4, -0.2) is 66.3 Å². The second-order valence-electron chi connectivity index (χ2n) is 11.0. The van der Waals surface area contributed by atoms with Crippen molar-refractivity contribution in [3.8, 4) is 11.4 Å². The quantitative estimate of drug-likeness (QED) is 0.267. The second kappa shape index (κ2) is 10.6. The number of aliphatic hydroxyl groups is 1. The Hall–Kier alpha value is -3.14. The first-order valence-corrected chi connectivity index (χ1v) is 13.5. The van der Waals surface area contributed by atoms with Crippen molar-refractivity contribution in [2.75, 3.05) is 31.5 Å².